The van der Waals surface area contributed by atoms with Crippen molar-refractivity contribution >= 4 is 11.5 Å². The van der Waals surface area contributed by atoms with Crippen LogP contribution in [0.4, 0.5) is 0 Å². The normalized spacial score (nSPS) is 19.2. The van der Waals surface area contributed by atoms with Gasteiger partial charge in [0.1, 0.15) is 11.6 Å². The van der Waals surface area contributed by atoms with Crippen LogP contribution in [0.2, 0.25) is 0 Å². The summed E-state index contributed by atoms with van der Waals surface area (Å²) >= 11 is 1.40. The van der Waals surface area contributed by atoms with Gasteiger partial charge in [-0.1, -0.05) is 13.8 Å². The van der Waals surface area contributed by atoms with Crippen LogP contribution in [0.25, 0.3) is 10.8 Å². The van der Waals surface area contributed by atoms with Crippen LogP contribution in [0.3, 0.4) is 0 Å². The van der Waals surface area contributed by atoms with Crippen LogP contribution in [0.5, 0.6) is 0 Å². The molecule has 0 spiro atoms. The Morgan fingerprint density at radius 1 is 1.39 bits per heavy atom. The van der Waals surface area contributed by atoms with Crippen molar-refractivity contribution in [2.45, 2.75) is 39.3 Å². The van der Waals surface area contributed by atoms with Crippen LogP contribution in [0, 0.1) is 0 Å². The average Bonchev–Trinajstić information content (AvgIpc) is 2.94. The quantitative estimate of drug-likeness (QED) is 0.892. The van der Waals surface area contributed by atoms with E-state index in [9.17, 15) is 0 Å². The first-order valence-electron chi connectivity index (χ1n) is 6.17. The Hall–Kier alpha value is -1.34. The summed E-state index contributed by atoms with van der Waals surface area (Å²) < 4.78 is 6.52. The molecule has 18 heavy (non-hydrogen) atoms. The van der Waals surface area contributed by atoms with Crippen LogP contribution in [-0.4, -0.2) is 30.7 Å². The van der Waals surface area contributed by atoms with Crippen molar-refractivity contribution in [1.82, 2.24) is 29.4 Å². The molecule has 0 amide bonds. The highest BCUT2D eigenvalue weighted by atomic mass is 32.1. The number of hydrogen-bond donors (Lipinski definition) is 1. The van der Waals surface area contributed by atoms with Crippen molar-refractivity contribution in [2.24, 2.45) is 0 Å². The van der Waals surface area contributed by atoms with Crippen LogP contribution >= 0.6 is 11.5 Å². The lowest BCUT2D eigenvalue weighted by Crippen LogP contribution is -2.32. The zero-order valence-corrected chi connectivity index (χ0v) is 11.5. The van der Waals surface area contributed by atoms with E-state index in [1.54, 1.807) is 0 Å². The van der Waals surface area contributed by atoms with Crippen LogP contribution in [-0.2, 0) is 6.54 Å². The van der Waals surface area contributed by atoms with Crippen molar-refractivity contribution in [3.63, 3.8) is 0 Å². The Labute approximate surface area is 110 Å². The van der Waals surface area contributed by atoms with Gasteiger partial charge in [0, 0.05) is 19.0 Å². The fourth-order valence-electron chi connectivity index (χ4n) is 2.06. The summed E-state index contributed by atoms with van der Waals surface area (Å²) in [5.74, 6) is 3.06. The van der Waals surface area contributed by atoms with Gasteiger partial charge < -0.3 is 9.88 Å². The summed E-state index contributed by atoms with van der Waals surface area (Å²) in [6.07, 6.45) is 0. The van der Waals surface area contributed by atoms with E-state index in [-0.39, 0.29) is 6.04 Å². The highest BCUT2D eigenvalue weighted by Crippen LogP contribution is 2.26. The molecular formula is C11H16N6S. The summed E-state index contributed by atoms with van der Waals surface area (Å²) in [5, 5.41) is 12.8. The number of aromatic nitrogens is 5. The van der Waals surface area contributed by atoms with E-state index in [4.69, 9.17) is 0 Å². The van der Waals surface area contributed by atoms with Crippen molar-refractivity contribution in [2.75, 3.05) is 6.54 Å². The van der Waals surface area contributed by atoms with E-state index < -0.39 is 0 Å². The number of rotatable bonds is 2. The van der Waals surface area contributed by atoms with Gasteiger partial charge in [0.25, 0.3) is 0 Å². The fourth-order valence-corrected chi connectivity index (χ4v) is 2.86. The maximum Gasteiger partial charge on any atom is 0.194 e. The van der Waals surface area contributed by atoms with Crippen molar-refractivity contribution in [1.29, 1.82) is 0 Å². The van der Waals surface area contributed by atoms with Crippen LogP contribution < -0.4 is 5.32 Å². The largest absolute Gasteiger partial charge is 0.306 e. The molecule has 1 aliphatic heterocycles. The van der Waals surface area contributed by atoms with E-state index in [1.165, 1.54) is 11.5 Å². The highest BCUT2D eigenvalue weighted by molar-refractivity contribution is 7.09. The SMILES string of the molecule is CC(C)c1nsc(-c2nnc3n2CCN[C@H]3C)n1. The summed E-state index contributed by atoms with van der Waals surface area (Å²) in [4.78, 5) is 4.55. The predicted octanol–water partition coefficient (Wildman–Crippen LogP) is 1.58. The number of hydrogen-bond acceptors (Lipinski definition) is 6. The summed E-state index contributed by atoms with van der Waals surface area (Å²) in [7, 11) is 0. The predicted molar refractivity (Wildman–Crippen MR) is 69.4 cm³/mol. The van der Waals surface area contributed by atoms with Gasteiger partial charge in [-0.25, -0.2) is 4.98 Å². The van der Waals surface area contributed by atoms with Crippen LogP contribution in [0.1, 0.15) is 44.4 Å². The molecule has 0 unspecified atom stereocenters. The third-order valence-corrected chi connectivity index (χ3v) is 3.83. The standard InChI is InChI=1S/C11H16N6S/c1-6(2)8-13-11(18-16-8)10-15-14-9-7(3)12-4-5-17(9)10/h6-7,12H,4-5H2,1-3H3/t7-/m0/s1. The minimum Gasteiger partial charge on any atom is -0.306 e. The molecule has 96 valence electrons. The zero-order chi connectivity index (χ0) is 12.7. The molecule has 0 bridgehead atoms. The van der Waals surface area contributed by atoms with Crippen molar-refractivity contribution < 1.29 is 0 Å². The second-order valence-electron chi connectivity index (χ2n) is 4.82. The van der Waals surface area contributed by atoms with E-state index in [1.807, 2.05) is 0 Å². The molecule has 1 N–H and O–H groups in total. The molecule has 1 atom stereocenters. The number of nitrogens with one attached hydrogen (secondary N) is 1. The molecule has 7 heteroatoms. The summed E-state index contributed by atoms with van der Waals surface area (Å²) in [6, 6.07) is 0.248. The van der Waals surface area contributed by atoms with E-state index >= 15 is 0 Å². The molecule has 0 saturated carbocycles. The first-order chi connectivity index (χ1) is 8.66. The van der Waals surface area contributed by atoms with Gasteiger partial charge in [-0.15, -0.1) is 10.2 Å². The third kappa shape index (κ3) is 1.83. The van der Waals surface area contributed by atoms with Gasteiger partial charge in [-0.3, -0.25) is 0 Å². The lowest BCUT2D eigenvalue weighted by atomic mass is 10.2. The second-order valence-corrected chi connectivity index (χ2v) is 5.57. The Kier molecular flexibility index (Phi) is 2.87. The van der Waals surface area contributed by atoms with Gasteiger partial charge in [0.05, 0.1) is 6.04 Å². The maximum absolute atomic E-state index is 4.55. The van der Waals surface area contributed by atoms with Gasteiger partial charge in [-0.2, -0.15) is 4.37 Å². The van der Waals surface area contributed by atoms with Crippen molar-refractivity contribution in [3.05, 3.63) is 11.6 Å². The Balaban J connectivity index is 2.01. The minimum atomic E-state index is 0.248. The first-order valence-corrected chi connectivity index (χ1v) is 6.94. The van der Waals surface area contributed by atoms with Gasteiger partial charge in [-0.05, 0) is 18.5 Å². The Morgan fingerprint density at radius 2 is 2.22 bits per heavy atom. The maximum atomic E-state index is 4.55. The summed E-state index contributed by atoms with van der Waals surface area (Å²) in [5.41, 5.74) is 0. The van der Waals surface area contributed by atoms with E-state index in [0.29, 0.717) is 5.92 Å². The fraction of sp³-hybridized carbons (Fsp3) is 0.636. The van der Waals surface area contributed by atoms with Crippen LogP contribution in [0.15, 0.2) is 0 Å². The van der Waals surface area contributed by atoms with Gasteiger partial charge in [0.15, 0.2) is 10.8 Å². The van der Waals surface area contributed by atoms with Crippen molar-refractivity contribution in [3.8, 4) is 10.8 Å². The molecule has 3 heterocycles. The lowest BCUT2D eigenvalue weighted by Gasteiger charge is -2.21. The second kappa shape index (κ2) is 4.40. The molecule has 0 saturated heterocycles. The molecule has 2 aromatic heterocycles. The van der Waals surface area contributed by atoms with Gasteiger partial charge >= 0.3 is 0 Å². The van der Waals surface area contributed by atoms with E-state index in [0.717, 1.165) is 35.6 Å². The Bertz CT molecular complexity index is 558. The Morgan fingerprint density at radius 3 is 2.94 bits per heavy atom. The molecule has 0 aliphatic carbocycles. The zero-order valence-electron chi connectivity index (χ0n) is 10.7. The first kappa shape index (κ1) is 11.7. The van der Waals surface area contributed by atoms with Gasteiger partial charge in [0.2, 0.25) is 0 Å². The number of fused-ring (bicyclic) bond motifs is 1. The molecular weight excluding hydrogens is 248 g/mol. The molecule has 0 aromatic carbocycles. The monoisotopic (exact) mass is 264 g/mol. The average molecular weight is 264 g/mol. The molecule has 2 aromatic rings. The molecule has 1 aliphatic rings. The smallest absolute Gasteiger partial charge is 0.194 e. The molecule has 0 fully saturated rings. The topological polar surface area (TPSA) is 68.5 Å². The minimum absolute atomic E-state index is 0.248. The number of nitrogens with zero attached hydrogens (tertiary/aromatic N) is 5. The van der Waals surface area contributed by atoms with E-state index in [2.05, 4.69) is 50.2 Å². The molecule has 6 nitrogen and oxygen atoms in total. The lowest BCUT2D eigenvalue weighted by molar-refractivity contribution is 0.439. The summed E-state index contributed by atoms with van der Waals surface area (Å²) in [6.45, 7) is 8.12. The molecule has 0 radical (unpaired) electrons. The third-order valence-electron chi connectivity index (χ3n) is 3.10. The highest BCUT2D eigenvalue weighted by Gasteiger charge is 2.24. The molecule has 3 rings (SSSR count).